The van der Waals surface area contributed by atoms with E-state index in [-0.39, 0.29) is 18.1 Å². The van der Waals surface area contributed by atoms with Crippen molar-refractivity contribution in [3.63, 3.8) is 0 Å². The Hall–Kier alpha value is -1.55. The largest absolute Gasteiger partial charge is 0.445 e. The van der Waals surface area contributed by atoms with E-state index in [2.05, 4.69) is 0 Å². The third kappa shape index (κ3) is 2.21. The molecule has 1 amide bonds. The van der Waals surface area contributed by atoms with Crippen LogP contribution >= 0.6 is 0 Å². The molecular formula is C15H19NO3. The number of carbonyl (C=O) groups excluding carboxylic acids is 1. The van der Waals surface area contributed by atoms with E-state index in [4.69, 9.17) is 4.74 Å². The van der Waals surface area contributed by atoms with Crippen LogP contribution in [0.25, 0.3) is 0 Å². The lowest BCUT2D eigenvalue weighted by atomic mass is 9.63. The van der Waals surface area contributed by atoms with Gasteiger partial charge in [0.05, 0.1) is 6.61 Å². The highest BCUT2D eigenvalue weighted by molar-refractivity contribution is 5.68. The van der Waals surface area contributed by atoms with Gasteiger partial charge in [0.1, 0.15) is 6.61 Å². The van der Waals surface area contributed by atoms with Crippen LogP contribution in [0, 0.1) is 11.3 Å². The van der Waals surface area contributed by atoms with Gasteiger partial charge < -0.3 is 14.7 Å². The zero-order valence-corrected chi connectivity index (χ0v) is 10.9. The van der Waals surface area contributed by atoms with Crippen molar-refractivity contribution in [1.29, 1.82) is 0 Å². The van der Waals surface area contributed by atoms with Gasteiger partial charge in [-0.3, -0.25) is 0 Å². The van der Waals surface area contributed by atoms with Crippen LogP contribution in [-0.4, -0.2) is 35.8 Å². The fourth-order valence-electron chi connectivity index (χ4n) is 3.17. The minimum Gasteiger partial charge on any atom is -0.445 e. The van der Waals surface area contributed by atoms with Crippen molar-refractivity contribution in [3.05, 3.63) is 35.9 Å². The fraction of sp³-hybridized carbons (Fsp3) is 0.533. The quantitative estimate of drug-likeness (QED) is 0.905. The monoisotopic (exact) mass is 261 g/mol. The smallest absolute Gasteiger partial charge is 0.410 e. The third-order valence-electron chi connectivity index (χ3n) is 4.58. The molecule has 1 N–H and O–H groups in total. The van der Waals surface area contributed by atoms with Crippen molar-refractivity contribution in [3.8, 4) is 0 Å². The zero-order valence-electron chi connectivity index (χ0n) is 10.9. The molecule has 0 bridgehead atoms. The van der Waals surface area contributed by atoms with E-state index in [9.17, 15) is 9.90 Å². The predicted molar refractivity (Wildman–Crippen MR) is 70.4 cm³/mol. The molecule has 4 heteroatoms. The van der Waals surface area contributed by atoms with Crippen molar-refractivity contribution in [2.24, 2.45) is 11.3 Å². The highest BCUT2D eigenvalue weighted by atomic mass is 16.6. The lowest BCUT2D eigenvalue weighted by Crippen LogP contribution is -2.42. The minimum absolute atomic E-state index is 0.0359. The molecule has 19 heavy (non-hydrogen) atoms. The van der Waals surface area contributed by atoms with Crippen LogP contribution in [0.5, 0.6) is 0 Å². The maximum absolute atomic E-state index is 12.0. The lowest BCUT2D eigenvalue weighted by Gasteiger charge is -2.42. The van der Waals surface area contributed by atoms with Crippen LogP contribution in [0.15, 0.2) is 30.3 Å². The number of ether oxygens (including phenoxy) is 1. The van der Waals surface area contributed by atoms with Crippen LogP contribution in [0.4, 0.5) is 4.79 Å². The average molecular weight is 261 g/mol. The molecule has 2 atom stereocenters. The SMILES string of the molecule is O=C(OCc1ccccc1)N1C[C@@H]2CC[C@]2(CO)C1. The molecule has 2 aliphatic rings. The fourth-order valence-corrected chi connectivity index (χ4v) is 3.17. The molecule has 0 aromatic heterocycles. The normalized spacial score (nSPS) is 28.7. The highest BCUT2D eigenvalue weighted by Crippen LogP contribution is 2.51. The molecule has 0 radical (unpaired) electrons. The Kier molecular flexibility index (Phi) is 3.19. The number of rotatable bonds is 3. The number of aliphatic hydroxyl groups excluding tert-OH is 1. The molecule has 2 fully saturated rings. The first kappa shape index (κ1) is 12.5. The predicted octanol–water partition coefficient (Wildman–Crippen LogP) is 2.03. The molecule has 1 saturated carbocycles. The highest BCUT2D eigenvalue weighted by Gasteiger charge is 2.53. The Labute approximate surface area is 113 Å². The molecule has 4 nitrogen and oxygen atoms in total. The van der Waals surface area contributed by atoms with Gasteiger partial charge in [-0.1, -0.05) is 30.3 Å². The number of nitrogens with zero attached hydrogens (tertiary/aromatic N) is 1. The number of amides is 1. The van der Waals surface area contributed by atoms with E-state index in [0.717, 1.165) is 24.9 Å². The minimum atomic E-state index is -0.258. The second kappa shape index (κ2) is 4.85. The van der Waals surface area contributed by atoms with E-state index < -0.39 is 0 Å². The molecule has 1 aliphatic carbocycles. The third-order valence-corrected chi connectivity index (χ3v) is 4.58. The Morgan fingerprint density at radius 2 is 2.21 bits per heavy atom. The maximum Gasteiger partial charge on any atom is 0.410 e. The van der Waals surface area contributed by atoms with Crippen LogP contribution in [0.1, 0.15) is 18.4 Å². The van der Waals surface area contributed by atoms with Gasteiger partial charge in [0.25, 0.3) is 0 Å². The first-order valence-electron chi connectivity index (χ1n) is 6.80. The van der Waals surface area contributed by atoms with Gasteiger partial charge in [0.2, 0.25) is 0 Å². The Bertz CT molecular complexity index is 458. The van der Waals surface area contributed by atoms with Gasteiger partial charge in [-0.05, 0) is 24.3 Å². The Morgan fingerprint density at radius 1 is 1.42 bits per heavy atom. The summed E-state index contributed by atoms with van der Waals surface area (Å²) in [5.74, 6) is 0.460. The van der Waals surface area contributed by atoms with Crippen molar-refractivity contribution < 1.29 is 14.6 Å². The van der Waals surface area contributed by atoms with E-state index in [1.54, 1.807) is 4.90 Å². The number of benzene rings is 1. The molecule has 1 heterocycles. The average Bonchev–Trinajstić information content (AvgIpc) is 2.70. The summed E-state index contributed by atoms with van der Waals surface area (Å²) in [5, 5.41) is 9.48. The van der Waals surface area contributed by atoms with E-state index >= 15 is 0 Å². The summed E-state index contributed by atoms with van der Waals surface area (Å²) in [6, 6.07) is 9.68. The zero-order chi connectivity index (χ0) is 13.3. The number of hydrogen-bond acceptors (Lipinski definition) is 3. The summed E-state index contributed by atoms with van der Waals surface area (Å²) in [5.41, 5.74) is 0.959. The summed E-state index contributed by atoms with van der Waals surface area (Å²) < 4.78 is 5.33. The van der Waals surface area contributed by atoms with E-state index in [0.29, 0.717) is 19.1 Å². The molecule has 1 aliphatic heterocycles. The van der Waals surface area contributed by atoms with Crippen molar-refractivity contribution >= 4 is 6.09 Å². The van der Waals surface area contributed by atoms with Crippen LogP contribution < -0.4 is 0 Å². The Balaban J connectivity index is 1.55. The van der Waals surface area contributed by atoms with Crippen molar-refractivity contribution in [2.75, 3.05) is 19.7 Å². The molecule has 102 valence electrons. The van der Waals surface area contributed by atoms with E-state index in [1.165, 1.54) is 0 Å². The van der Waals surface area contributed by atoms with Crippen molar-refractivity contribution in [2.45, 2.75) is 19.4 Å². The van der Waals surface area contributed by atoms with Crippen LogP contribution in [0.3, 0.4) is 0 Å². The van der Waals surface area contributed by atoms with E-state index in [1.807, 2.05) is 30.3 Å². The van der Waals surface area contributed by atoms with Gasteiger partial charge >= 0.3 is 6.09 Å². The second-order valence-corrected chi connectivity index (χ2v) is 5.68. The van der Waals surface area contributed by atoms with Gasteiger partial charge in [0.15, 0.2) is 0 Å². The molecule has 1 saturated heterocycles. The van der Waals surface area contributed by atoms with Crippen molar-refractivity contribution in [1.82, 2.24) is 4.90 Å². The number of likely N-dealkylation sites (tertiary alicyclic amines) is 1. The van der Waals surface area contributed by atoms with Crippen LogP contribution in [-0.2, 0) is 11.3 Å². The summed E-state index contributed by atoms with van der Waals surface area (Å²) in [7, 11) is 0. The lowest BCUT2D eigenvalue weighted by molar-refractivity contribution is 0.0129. The molecule has 1 aromatic rings. The number of fused-ring (bicyclic) bond motifs is 1. The van der Waals surface area contributed by atoms with Gasteiger partial charge in [0, 0.05) is 18.5 Å². The molecule has 0 unspecified atom stereocenters. The maximum atomic E-state index is 12.0. The number of carbonyl (C=O) groups is 1. The number of aliphatic hydroxyl groups is 1. The second-order valence-electron chi connectivity index (χ2n) is 5.68. The summed E-state index contributed by atoms with van der Waals surface area (Å²) in [4.78, 5) is 13.8. The first-order chi connectivity index (χ1) is 9.23. The topological polar surface area (TPSA) is 49.8 Å². The van der Waals surface area contributed by atoms with Crippen LogP contribution in [0.2, 0.25) is 0 Å². The molecule has 0 spiro atoms. The molecule has 3 rings (SSSR count). The first-order valence-corrected chi connectivity index (χ1v) is 6.80. The summed E-state index contributed by atoms with van der Waals surface area (Å²) in [6.07, 6.45) is 1.88. The molecule has 1 aromatic carbocycles. The summed E-state index contributed by atoms with van der Waals surface area (Å²) >= 11 is 0. The Morgan fingerprint density at radius 3 is 2.79 bits per heavy atom. The van der Waals surface area contributed by atoms with Gasteiger partial charge in [-0.2, -0.15) is 0 Å². The summed E-state index contributed by atoms with van der Waals surface area (Å²) in [6.45, 7) is 1.86. The molecular weight excluding hydrogens is 242 g/mol. The van der Waals surface area contributed by atoms with Gasteiger partial charge in [-0.15, -0.1) is 0 Å². The standard InChI is InChI=1S/C15H19NO3/c17-11-15-7-6-13(15)8-16(10-15)14(18)19-9-12-4-2-1-3-5-12/h1-5,13,17H,6-11H2/t13-,15+/m0/s1. The number of hydrogen-bond donors (Lipinski definition) is 1. The van der Waals surface area contributed by atoms with Gasteiger partial charge in [-0.25, -0.2) is 4.79 Å².